The van der Waals surface area contributed by atoms with Gasteiger partial charge in [-0.3, -0.25) is 9.69 Å². The van der Waals surface area contributed by atoms with Crippen molar-refractivity contribution >= 4 is 29.1 Å². The van der Waals surface area contributed by atoms with Crippen molar-refractivity contribution in [3.63, 3.8) is 0 Å². The molecule has 1 amide bonds. The number of nitriles is 1. The first kappa shape index (κ1) is 38.4. The molecule has 0 aliphatic carbocycles. The average Bonchev–Trinajstić information content (AvgIpc) is 3.62. The Bertz CT molecular complexity index is 1850. The van der Waals surface area contributed by atoms with Crippen molar-refractivity contribution in [2.45, 2.75) is 88.8 Å². The van der Waals surface area contributed by atoms with Crippen molar-refractivity contribution in [1.82, 2.24) is 15.5 Å². The highest BCUT2D eigenvalue weighted by Gasteiger charge is 2.61. The van der Waals surface area contributed by atoms with Crippen LogP contribution in [0.25, 0.3) is 0 Å². The molecule has 5 atom stereocenters. The second-order valence-corrected chi connectivity index (χ2v) is 16.1. The number of halogens is 4. The first-order valence-electron chi connectivity index (χ1n) is 17.9. The largest absolute Gasteiger partial charge is 0.355 e. The summed E-state index contributed by atoms with van der Waals surface area (Å²) in [6.07, 6.45) is 3.68. The zero-order chi connectivity index (χ0) is 37.3. The van der Waals surface area contributed by atoms with E-state index >= 15 is 8.78 Å². The Balaban J connectivity index is 1.35. The lowest BCUT2D eigenvalue weighted by molar-refractivity contribution is -0.138. The van der Waals surface area contributed by atoms with Crippen molar-refractivity contribution in [2.75, 3.05) is 26.2 Å². The Hall–Kier alpha value is -3.36. The fourth-order valence-corrected chi connectivity index (χ4v) is 8.61. The van der Waals surface area contributed by atoms with Gasteiger partial charge < -0.3 is 20.1 Å². The average molecular weight is 752 g/mol. The van der Waals surface area contributed by atoms with Crippen LogP contribution in [0.4, 0.5) is 8.78 Å². The van der Waals surface area contributed by atoms with Crippen molar-refractivity contribution in [1.29, 1.82) is 5.26 Å². The summed E-state index contributed by atoms with van der Waals surface area (Å²) >= 11 is 12.5. The van der Waals surface area contributed by atoms with Gasteiger partial charge in [0.1, 0.15) is 17.0 Å². The maximum atomic E-state index is 16.2. The van der Waals surface area contributed by atoms with Gasteiger partial charge in [-0.2, -0.15) is 5.26 Å². The zero-order valence-corrected chi connectivity index (χ0v) is 31.5. The van der Waals surface area contributed by atoms with E-state index in [1.807, 2.05) is 32.0 Å². The number of benzene rings is 3. The molecular formula is C41H46Cl2F2N4O3. The number of carbonyl (C=O) groups is 1. The summed E-state index contributed by atoms with van der Waals surface area (Å²) < 4.78 is 44.0. The van der Waals surface area contributed by atoms with Gasteiger partial charge >= 0.3 is 0 Å². The van der Waals surface area contributed by atoms with Crippen LogP contribution in [0.5, 0.6) is 0 Å². The molecule has 2 saturated heterocycles. The van der Waals surface area contributed by atoms with Gasteiger partial charge in [-0.05, 0) is 67.9 Å². The number of hydrogen-bond acceptors (Lipinski definition) is 6. The van der Waals surface area contributed by atoms with Crippen LogP contribution in [-0.2, 0) is 26.2 Å². The third-order valence-corrected chi connectivity index (χ3v) is 11.4. The van der Waals surface area contributed by atoms with E-state index in [2.05, 4.69) is 53.7 Å². The van der Waals surface area contributed by atoms with E-state index in [1.54, 1.807) is 6.07 Å². The molecule has 276 valence electrons. The second-order valence-electron chi connectivity index (χ2n) is 15.2. The van der Waals surface area contributed by atoms with E-state index in [4.69, 9.17) is 32.7 Å². The molecule has 0 aromatic heterocycles. The fraction of sp³-hybridized carbons (Fsp3) is 0.463. The van der Waals surface area contributed by atoms with E-state index in [-0.39, 0.29) is 33.8 Å². The first-order chi connectivity index (χ1) is 24.7. The van der Waals surface area contributed by atoms with Crippen LogP contribution in [-0.4, -0.2) is 61.0 Å². The minimum absolute atomic E-state index is 0.0396. The standard InChI is InChI=1S/C41H46Cl2F2N4O3/c1-39(2,27-16-19-49(20-17-27)23-26-9-6-5-7-10-26)22-34-41(25-46,31-14-13-28(42)21-33(31)44)35(30-11-8-12-32(43)36(30)45)37(48-34)38(50)47-18-15-29-24-51-40(3,4)52-29/h5-14,16,21,29,34-35,37,48H,15,17-20,22-24H2,1-4H3,(H,47,50)/t29-,34?,35?,37?,41?/m0/s1. The van der Waals surface area contributed by atoms with Crippen molar-refractivity contribution in [3.8, 4) is 6.07 Å². The lowest BCUT2D eigenvalue weighted by Gasteiger charge is -2.40. The van der Waals surface area contributed by atoms with Gasteiger partial charge in [-0.25, -0.2) is 8.78 Å². The van der Waals surface area contributed by atoms with Gasteiger partial charge in [0.25, 0.3) is 0 Å². The number of hydrogen-bond donors (Lipinski definition) is 2. The molecule has 11 heteroatoms. The lowest BCUT2D eigenvalue weighted by atomic mass is 9.61. The van der Waals surface area contributed by atoms with Gasteiger partial charge in [0.05, 0.1) is 29.8 Å². The van der Waals surface area contributed by atoms with Gasteiger partial charge in [0.2, 0.25) is 5.91 Å². The maximum Gasteiger partial charge on any atom is 0.237 e. The molecule has 3 aliphatic heterocycles. The first-order valence-corrected chi connectivity index (χ1v) is 18.6. The van der Waals surface area contributed by atoms with E-state index in [0.717, 1.165) is 32.1 Å². The molecule has 2 N–H and O–H groups in total. The summed E-state index contributed by atoms with van der Waals surface area (Å²) in [6.45, 7) is 11.0. The number of nitrogens with zero attached hydrogens (tertiary/aromatic N) is 2. The Morgan fingerprint density at radius 3 is 2.54 bits per heavy atom. The van der Waals surface area contributed by atoms with Crippen molar-refractivity contribution in [2.24, 2.45) is 5.41 Å². The van der Waals surface area contributed by atoms with Gasteiger partial charge in [-0.15, -0.1) is 0 Å². The summed E-state index contributed by atoms with van der Waals surface area (Å²) in [4.78, 5) is 16.6. The minimum Gasteiger partial charge on any atom is -0.355 e. The number of carbonyl (C=O) groups excluding carboxylic acids is 1. The lowest BCUT2D eigenvalue weighted by Crippen LogP contribution is -2.47. The predicted octanol–water partition coefficient (Wildman–Crippen LogP) is 8.06. The molecule has 3 aromatic carbocycles. The highest BCUT2D eigenvalue weighted by molar-refractivity contribution is 6.31. The highest BCUT2D eigenvalue weighted by atomic mass is 35.5. The van der Waals surface area contributed by atoms with Crippen LogP contribution < -0.4 is 10.6 Å². The molecule has 4 unspecified atom stereocenters. The van der Waals surface area contributed by atoms with Gasteiger partial charge in [0.15, 0.2) is 5.79 Å². The van der Waals surface area contributed by atoms with Crippen LogP contribution in [0.15, 0.2) is 78.4 Å². The molecule has 7 nitrogen and oxygen atoms in total. The Morgan fingerprint density at radius 1 is 1.12 bits per heavy atom. The molecule has 0 spiro atoms. The molecule has 2 fully saturated rings. The minimum atomic E-state index is -1.74. The monoisotopic (exact) mass is 750 g/mol. The third-order valence-electron chi connectivity index (χ3n) is 10.9. The zero-order valence-electron chi connectivity index (χ0n) is 30.0. The van der Waals surface area contributed by atoms with E-state index in [0.29, 0.717) is 19.4 Å². The number of amides is 1. The van der Waals surface area contributed by atoms with Gasteiger partial charge in [0, 0.05) is 48.7 Å². The quantitative estimate of drug-likeness (QED) is 0.193. The van der Waals surface area contributed by atoms with Crippen LogP contribution in [0.2, 0.25) is 10.0 Å². The summed E-state index contributed by atoms with van der Waals surface area (Å²) in [5.74, 6) is -3.76. The molecule has 0 saturated carbocycles. The molecule has 6 rings (SSSR count). The number of ether oxygens (including phenoxy) is 2. The fourth-order valence-electron chi connectivity index (χ4n) is 8.27. The summed E-state index contributed by atoms with van der Waals surface area (Å²) in [5.41, 5.74) is 0.338. The maximum absolute atomic E-state index is 16.2. The molecule has 0 bridgehead atoms. The van der Waals surface area contributed by atoms with E-state index in [1.165, 1.54) is 35.4 Å². The summed E-state index contributed by atoms with van der Waals surface area (Å²) in [6, 6.07) is 19.6. The van der Waals surface area contributed by atoms with Gasteiger partial charge in [-0.1, -0.05) is 97.2 Å². The highest BCUT2D eigenvalue weighted by Crippen LogP contribution is 2.54. The smallest absolute Gasteiger partial charge is 0.237 e. The Labute approximate surface area is 315 Å². The van der Waals surface area contributed by atoms with E-state index < -0.39 is 52.2 Å². The summed E-state index contributed by atoms with van der Waals surface area (Å²) in [7, 11) is 0. The summed E-state index contributed by atoms with van der Waals surface area (Å²) in [5, 5.41) is 17.8. The van der Waals surface area contributed by atoms with Crippen LogP contribution in [0, 0.1) is 28.4 Å². The van der Waals surface area contributed by atoms with Crippen LogP contribution in [0.3, 0.4) is 0 Å². The Morgan fingerprint density at radius 2 is 1.88 bits per heavy atom. The second kappa shape index (κ2) is 15.5. The topological polar surface area (TPSA) is 86.6 Å². The van der Waals surface area contributed by atoms with Crippen LogP contribution >= 0.6 is 23.2 Å². The van der Waals surface area contributed by atoms with Crippen molar-refractivity contribution in [3.05, 3.63) is 117 Å². The SMILES string of the molecule is CC1(C)OC[C@H](CCNC(=O)C2NC(CC(C)(C)C3=CCN(Cc4ccccc4)CC3)C(C#N)(c3ccc(Cl)cc3F)C2c2cccc(Cl)c2F)O1. The Kier molecular flexibility index (Phi) is 11.5. The number of rotatable bonds is 11. The third kappa shape index (κ3) is 7.94. The predicted molar refractivity (Wildman–Crippen MR) is 199 cm³/mol. The number of nitrogens with one attached hydrogen (secondary N) is 2. The molecule has 3 aliphatic rings. The molecular weight excluding hydrogens is 705 g/mol. The van der Waals surface area contributed by atoms with Crippen LogP contribution in [0.1, 0.15) is 69.6 Å². The molecule has 0 radical (unpaired) electrons. The van der Waals surface area contributed by atoms with Crippen molar-refractivity contribution < 1.29 is 23.0 Å². The molecule has 52 heavy (non-hydrogen) atoms. The van der Waals surface area contributed by atoms with E-state index in [9.17, 15) is 10.1 Å². The molecule has 3 aromatic rings. The molecule has 3 heterocycles. The normalized spacial score (nSPS) is 26.2.